The summed E-state index contributed by atoms with van der Waals surface area (Å²) >= 11 is 9.28. The first-order valence-corrected chi connectivity index (χ1v) is 8.18. The third-order valence-electron chi connectivity index (χ3n) is 3.03. The average Bonchev–Trinajstić information content (AvgIpc) is 2.55. The smallest absolute Gasteiger partial charge is 0.277 e. The average molecular weight is 427 g/mol. The zero-order valence-electron chi connectivity index (χ0n) is 13.0. The molecule has 0 aliphatic rings. The predicted molar refractivity (Wildman–Crippen MR) is 98.2 cm³/mol. The Labute approximate surface area is 156 Å². The highest BCUT2D eigenvalue weighted by atomic mass is 79.9. The molecular formula is C16H13BrClN3O4. The number of hydrogen-bond acceptors (Lipinski definition) is 5. The molecule has 2 aromatic rings. The Morgan fingerprint density at radius 2 is 2.16 bits per heavy atom. The second-order valence-corrected chi connectivity index (χ2v) is 6.24. The van der Waals surface area contributed by atoms with Gasteiger partial charge in [-0.2, -0.15) is 5.10 Å². The van der Waals surface area contributed by atoms with Crippen molar-refractivity contribution >= 4 is 45.3 Å². The lowest BCUT2D eigenvalue weighted by Gasteiger charge is -2.07. The number of hydrogen-bond donors (Lipinski definition) is 1. The van der Waals surface area contributed by atoms with Crippen molar-refractivity contribution in [3.8, 4) is 5.75 Å². The van der Waals surface area contributed by atoms with E-state index >= 15 is 0 Å². The monoisotopic (exact) mass is 425 g/mol. The Hall–Kier alpha value is -2.45. The standard InChI is InChI=1S/C16H13BrClN3O4/c1-10-2-5-15(13(17)6-10)25-9-16(22)20-19-8-11-7-12(21(23)24)3-4-14(11)18/h2-8H,9H2,1H3,(H,20,22). The Kier molecular flexibility index (Phi) is 6.49. The Bertz CT molecular complexity index is 842. The third kappa shape index (κ3) is 5.54. The SMILES string of the molecule is Cc1ccc(OCC(=O)NN=Cc2cc([N+](=O)[O-])ccc2Cl)c(Br)c1. The van der Waals surface area contributed by atoms with Gasteiger partial charge in [0.15, 0.2) is 6.61 Å². The number of amides is 1. The van der Waals surface area contributed by atoms with E-state index in [1.807, 2.05) is 19.1 Å². The molecule has 2 aromatic carbocycles. The Morgan fingerprint density at radius 1 is 1.40 bits per heavy atom. The van der Waals surface area contributed by atoms with Crippen LogP contribution in [0.3, 0.4) is 0 Å². The first-order valence-electron chi connectivity index (χ1n) is 7.01. The summed E-state index contributed by atoms with van der Waals surface area (Å²) in [5, 5.41) is 14.8. The van der Waals surface area contributed by atoms with Crippen molar-refractivity contribution < 1.29 is 14.5 Å². The van der Waals surface area contributed by atoms with Crippen LogP contribution in [0.2, 0.25) is 5.02 Å². The molecule has 0 fully saturated rings. The van der Waals surface area contributed by atoms with Crippen molar-refractivity contribution in [3.05, 3.63) is 67.1 Å². The highest BCUT2D eigenvalue weighted by Gasteiger charge is 2.09. The van der Waals surface area contributed by atoms with Crippen LogP contribution in [0.1, 0.15) is 11.1 Å². The summed E-state index contributed by atoms with van der Waals surface area (Å²) in [7, 11) is 0. The number of rotatable bonds is 6. The second-order valence-electron chi connectivity index (χ2n) is 4.98. The van der Waals surface area contributed by atoms with E-state index in [2.05, 4.69) is 26.5 Å². The molecule has 0 atom stereocenters. The van der Waals surface area contributed by atoms with Crippen molar-refractivity contribution in [2.75, 3.05) is 6.61 Å². The molecule has 0 bridgehead atoms. The fourth-order valence-electron chi connectivity index (χ4n) is 1.82. The van der Waals surface area contributed by atoms with Crippen molar-refractivity contribution in [1.82, 2.24) is 5.43 Å². The van der Waals surface area contributed by atoms with Crippen LogP contribution >= 0.6 is 27.5 Å². The number of ether oxygens (including phenoxy) is 1. The van der Waals surface area contributed by atoms with Crippen LogP contribution < -0.4 is 10.2 Å². The lowest BCUT2D eigenvalue weighted by Crippen LogP contribution is -2.24. The van der Waals surface area contributed by atoms with Crippen molar-refractivity contribution in [2.45, 2.75) is 6.92 Å². The number of non-ortho nitro benzene ring substituents is 1. The molecule has 0 unspecified atom stereocenters. The molecule has 1 amide bonds. The molecule has 0 saturated heterocycles. The maximum absolute atomic E-state index is 11.7. The van der Waals surface area contributed by atoms with E-state index in [-0.39, 0.29) is 17.3 Å². The van der Waals surface area contributed by atoms with Gasteiger partial charge in [0, 0.05) is 22.7 Å². The van der Waals surface area contributed by atoms with Gasteiger partial charge >= 0.3 is 0 Å². The summed E-state index contributed by atoms with van der Waals surface area (Å²) < 4.78 is 6.13. The minimum atomic E-state index is -0.542. The number of nitrogens with one attached hydrogen (secondary N) is 1. The first kappa shape index (κ1) is 18.9. The summed E-state index contributed by atoms with van der Waals surface area (Å²) in [6.07, 6.45) is 1.23. The number of nitrogens with zero attached hydrogens (tertiary/aromatic N) is 2. The summed E-state index contributed by atoms with van der Waals surface area (Å²) in [5.74, 6) is 0.0525. The van der Waals surface area contributed by atoms with Crippen LogP contribution in [0.25, 0.3) is 0 Å². The van der Waals surface area contributed by atoms with Gasteiger partial charge in [-0.15, -0.1) is 0 Å². The van der Waals surface area contributed by atoms with Crippen molar-refractivity contribution in [2.24, 2.45) is 5.10 Å². The molecular weight excluding hydrogens is 414 g/mol. The first-order chi connectivity index (χ1) is 11.9. The quantitative estimate of drug-likeness (QED) is 0.431. The largest absolute Gasteiger partial charge is 0.483 e. The van der Waals surface area contributed by atoms with Gasteiger partial charge in [-0.3, -0.25) is 14.9 Å². The van der Waals surface area contributed by atoms with Crippen LogP contribution in [0.15, 0.2) is 46.0 Å². The van der Waals surface area contributed by atoms with Gasteiger partial charge in [-0.25, -0.2) is 5.43 Å². The molecule has 9 heteroatoms. The maximum atomic E-state index is 11.7. The molecule has 2 rings (SSSR count). The van der Waals surface area contributed by atoms with Crippen LogP contribution in [-0.2, 0) is 4.79 Å². The van der Waals surface area contributed by atoms with Gasteiger partial charge in [0.05, 0.1) is 15.6 Å². The lowest BCUT2D eigenvalue weighted by atomic mass is 10.2. The van der Waals surface area contributed by atoms with Crippen molar-refractivity contribution in [3.63, 3.8) is 0 Å². The number of carbonyl (C=O) groups excluding carboxylic acids is 1. The molecule has 0 saturated carbocycles. The normalized spacial score (nSPS) is 10.7. The molecule has 25 heavy (non-hydrogen) atoms. The lowest BCUT2D eigenvalue weighted by molar-refractivity contribution is -0.384. The molecule has 0 aromatic heterocycles. The van der Waals surface area contributed by atoms with E-state index < -0.39 is 10.8 Å². The third-order valence-corrected chi connectivity index (χ3v) is 3.99. The van der Waals surface area contributed by atoms with E-state index in [0.717, 1.165) is 10.0 Å². The van der Waals surface area contributed by atoms with Gasteiger partial charge in [0.1, 0.15) is 5.75 Å². The second kappa shape index (κ2) is 8.59. The number of nitro benzene ring substituents is 1. The highest BCUT2D eigenvalue weighted by Crippen LogP contribution is 2.25. The minimum absolute atomic E-state index is 0.121. The number of hydrazone groups is 1. The van der Waals surface area contributed by atoms with Gasteiger partial charge in [-0.1, -0.05) is 17.7 Å². The predicted octanol–water partition coefficient (Wildman–Crippen LogP) is 3.85. The Balaban J connectivity index is 1.92. The molecule has 0 aliphatic carbocycles. The fraction of sp³-hybridized carbons (Fsp3) is 0.125. The van der Waals surface area contributed by atoms with Gasteiger partial charge in [0.25, 0.3) is 11.6 Å². The zero-order valence-corrected chi connectivity index (χ0v) is 15.4. The number of carbonyl (C=O) groups is 1. The Morgan fingerprint density at radius 3 is 2.84 bits per heavy atom. The maximum Gasteiger partial charge on any atom is 0.277 e. The number of aryl methyl sites for hydroxylation is 1. The summed E-state index contributed by atoms with van der Waals surface area (Å²) in [5.41, 5.74) is 3.52. The molecule has 1 N–H and O–H groups in total. The van der Waals surface area contributed by atoms with Crippen LogP contribution in [0.5, 0.6) is 5.75 Å². The van der Waals surface area contributed by atoms with Crippen LogP contribution in [0.4, 0.5) is 5.69 Å². The van der Waals surface area contributed by atoms with Crippen LogP contribution in [0, 0.1) is 17.0 Å². The van der Waals surface area contributed by atoms with Gasteiger partial charge < -0.3 is 4.74 Å². The molecule has 0 heterocycles. The van der Waals surface area contributed by atoms with E-state index in [4.69, 9.17) is 16.3 Å². The summed E-state index contributed by atoms with van der Waals surface area (Å²) in [6, 6.07) is 9.42. The summed E-state index contributed by atoms with van der Waals surface area (Å²) in [6.45, 7) is 1.71. The number of benzene rings is 2. The molecule has 0 spiro atoms. The van der Waals surface area contributed by atoms with Crippen LogP contribution in [-0.4, -0.2) is 23.7 Å². The summed E-state index contributed by atoms with van der Waals surface area (Å²) in [4.78, 5) is 21.9. The van der Waals surface area contributed by atoms with Gasteiger partial charge in [-0.05, 0) is 46.6 Å². The molecule has 7 nitrogen and oxygen atoms in total. The van der Waals surface area contributed by atoms with E-state index in [9.17, 15) is 14.9 Å². The molecule has 0 radical (unpaired) electrons. The molecule has 130 valence electrons. The highest BCUT2D eigenvalue weighted by molar-refractivity contribution is 9.10. The minimum Gasteiger partial charge on any atom is -0.483 e. The number of halogens is 2. The van der Waals surface area contributed by atoms with E-state index in [0.29, 0.717) is 11.3 Å². The fourth-order valence-corrected chi connectivity index (χ4v) is 2.59. The molecule has 0 aliphatic heterocycles. The van der Waals surface area contributed by atoms with E-state index in [1.165, 1.54) is 24.4 Å². The van der Waals surface area contributed by atoms with Gasteiger partial charge in [0.2, 0.25) is 0 Å². The number of nitro groups is 1. The zero-order chi connectivity index (χ0) is 18.4. The van der Waals surface area contributed by atoms with E-state index in [1.54, 1.807) is 6.07 Å². The van der Waals surface area contributed by atoms with Crippen molar-refractivity contribution in [1.29, 1.82) is 0 Å². The topological polar surface area (TPSA) is 93.8 Å².